The molecule has 1 aliphatic rings. The highest BCUT2D eigenvalue weighted by Crippen LogP contribution is 2.34. The maximum atomic E-state index is 11.1. The molecule has 2 heterocycles. The minimum absolute atomic E-state index is 0.190. The van der Waals surface area contributed by atoms with Gasteiger partial charge in [0.2, 0.25) is 0 Å². The zero-order chi connectivity index (χ0) is 15.5. The Balaban J connectivity index is 1.79. The molecule has 1 aliphatic carbocycles. The molecule has 5 nitrogen and oxygen atoms in total. The van der Waals surface area contributed by atoms with Crippen molar-refractivity contribution in [3.63, 3.8) is 0 Å². The predicted octanol–water partition coefficient (Wildman–Crippen LogP) is 3.32. The fourth-order valence-electron chi connectivity index (χ4n) is 3.17. The van der Waals surface area contributed by atoms with E-state index in [0.29, 0.717) is 6.04 Å². The number of carbonyl (C=O) groups is 1. The van der Waals surface area contributed by atoms with Crippen LogP contribution in [0.15, 0.2) is 30.7 Å². The first-order valence-corrected chi connectivity index (χ1v) is 7.90. The highest BCUT2D eigenvalue weighted by atomic mass is 16.4. The molecule has 116 valence electrons. The molecule has 0 aliphatic heterocycles. The van der Waals surface area contributed by atoms with Gasteiger partial charge >= 0.3 is 5.97 Å². The minimum atomic E-state index is -0.666. The highest BCUT2D eigenvalue weighted by molar-refractivity contribution is 5.70. The summed E-state index contributed by atoms with van der Waals surface area (Å²) in [6, 6.07) is 4.42. The molecule has 0 radical (unpaired) electrons. The van der Waals surface area contributed by atoms with Gasteiger partial charge in [-0.05, 0) is 43.7 Å². The first-order chi connectivity index (χ1) is 10.7. The number of hydrogen-bond donors (Lipinski definition) is 1. The molecule has 3 rings (SSSR count). The molecule has 0 bridgehead atoms. The van der Waals surface area contributed by atoms with E-state index >= 15 is 0 Å². The molecular weight excluding hydrogens is 278 g/mol. The number of rotatable bonds is 4. The zero-order valence-corrected chi connectivity index (χ0v) is 12.8. The van der Waals surface area contributed by atoms with E-state index in [0.717, 1.165) is 43.6 Å². The number of pyridine rings is 1. The van der Waals surface area contributed by atoms with Crippen molar-refractivity contribution in [2.75, 3.05) is 0 Å². The number of carboxylic acids is 1. The molecule has 2 aromatic rings. The Kier molecular flexibility index (Phi) is 4.22. The quantitative estimate of drug-likeness (QED) is 0.940. The van der Waals surface area contributed by atoms with E-state index in [4.69, 9.17) is 5.11 Å². The summed E-state index contributed by atoms with van der Waals surface area (Å²) in [5.41, 5.74) is 2.09. The van der Waals surface area contributed by atoms with E-state index < -0.39 is 5.97 Å². The van der Waals surface area contributed by atoms with Crippen LogP contribution in [-0.2, 0) is 11.2 Å². The average molecular weight is 299 g/mol. The number of hydrogen-bond acceptors (Lipinski definition) is 3. The van der Waals surface area contributed by atoms with Crippen molar-refractivity contribution >= 4 is 5.97 Å². The van der Waals surface area contributed by atoms with Gasteiger partial charge in [0.15, 0.2) is 5.82 Å². The zero-order valence-electron chi connectivity index (χ0n) is 12.8. The largest absolute Gasteiger partial charge is 0.481 e. The van der Waals surface area contributed by atoms with Gasteiger partial charge in [-0.25, -0.2) is 4.98 Å². The van der Waals surface area contributed by atoms with E-state index in [2.05, 4.69) is 27.5 Å². The molecule has 1 saturated carbocycles. The Hall–Kier alpha value is -2.17. The second-order valence-electron chi connectivity index (χ2n) is 5.91. The van der Waals surface area contributed by atoms with Crippen LogP contribution in [0.4, 0.5) is 0 Å². The lowest BCUT2D eigenvalue weighted by Gasteiger charge is -2.28. The van der Waals surface area contributed by atoms with Gasteiger partial charge in [0.05, 0.1) is 5.92 Å². The van der Waals surface area contributed by atoms with Crippen molar-refractivity contribution in [1.82, 2.24) is 14.5 Å². The molecule has 0 spiro atoms. The van der Waals surface area contributed by atoms with Crippen LogP contribution in [0.1, 0.15) is 44.2 Å². The Morgan fingerprint density at radius 2 is 2.05 bits per heavy atom. The standard InChI is InChI=1S/C17H21N3O2/c1-2-12-3-8-15(19-11-12)16-18-9-10-20(16)14-6-4-13(5-7-14)17(21)22/h3,8-11,13-14H,2,4-7H2,1H3,(H,21,22). The summed E-state index contributed by atoms with van der Waals surface area (Å²) < 4.78 is 2.16. The van der Waals surface area contributed by atoms with Crippen LogP contribution in [0.3, 0.4) is 0 Å². The lowest BCUT2D eigenvalue weighted by Crippen LogP contribution is -2.23. The Morgan fingerprint density at radius 1 is 1.27 bits per heavy atom. The van der Waals surface area contributed by atoms with Gasteiger partial charge < -0.3 is 9.67 Å². The summed E-state index contributed by atoms with van der Waals surface area (Å²) >= 11 is 0. The third-order valence-electron chi connectivity index (χ3n) is 4.57. The topological polar surface area (TPSA) is 68.0 Å². The van der Waals surface area contributed by atoms with Gasteiger partial charge in [0.25, 0.3) is 0 Å². The SMILES string of the molecule is CCc1ccc(-c2nccn2C2CCC(C(=O)O)CC2)nc1. The Bertz CT molecular complexity index is 640. The monoisotopic (exact) mass is 299 g/mol. The maximum absolute atomic E-state index is 11.1. The van der Waals surface area contributed by atoms with Crippen LogP contribution in [0.2, 0.25) is 0 Å². The van der Waals surface area contributed by atoms with Gasteiger partial charge in [-0.2, -0.15) is 0 Å². The fourth-order valence-corrected chi connectivity index (χ4v) is 3.17. The highest BCUT2D eigenvalue weighted by Gasteiger charge is 2.27. The van der Waals surface area contributed by atoms with Crippen LogP contribution in [-0.4, -0.2) is 25.6 Å². The van der Waals surface area contributed by atoms with Gasteiger partial charge in [-0.15, -0.1) is 0 Å². The molecular formula is C17H21N3O2. The second-order valence-corrected chi connectivity index (χ2v) is 5.91. The summed E-state index contributed by atoms with van der Waals surface area (Å²) in [5, 5.41) is 9.11. The van der Waals surface area contributed by atoms with E-state index in [-0.39, 0.29) is 5.92 Å². The van der Waals surface area contributed by atoms with Crippen LogP contribution in [0.5, 0.6) is 0 Å². The normalized spacial score (nSPS) is 21.7. The average Bonchev–Trinajstić information content (AvgIpc) is 3.04. The van der Waals surface area contributed by atoms with E-state index in [1.165, 1.54) is 5.56 Å². The number of carboxylic acid groups (broad SMARTS) is 1. The molecule has 0 amide bonds. The van der Waals surface area contributed by atoms with Crippen LogP contribution >= 0.6 is 0 Å². The number of imidazole rings is 1. The first kappa shape index (κ1) is 14.8. The van der Waals surface area contributed by atoms with Crippen molar-refractivity contribution in [1.29, 1.82) is 0 Å². The third-order valence-corrected chi connectivity index (χ3v) is 4.57. The smallest absolute Gasteiger partial charge is 0.306 e. The molecule has 22 heavy (non-hydrogen) atoms. The summed E-state index contributed by atoms with van der Waals surface area (Å²) in [6.45, 7) is 2.11. The Labute approximate surface area is 130 Å². The van der Waals surface area contributed by atoms with E-state index in [9.17, 15) is 4.79 Å². The molecule has 0 unspecified atom stereocenters. The fraction of sp³-hybridized carbons (Fsp3) is 0.471. The van der Waals surface area contributed by atoms with Crippen molar-refractivity contribution in [3.05, 3.63) is 36.3 Å². The number of aromatic nitrogens is 3. The molecule has 5 heteroatoms. The van der Waals surface area contributed by atoms with Crippen molar-refractivity contribution in [2.45, 2.75) is 45.1 Å². The molecule has 0 saturated heterocycles. The summed E-state index contributed by atoms with van der Waals surface area (Å²) in [6.07, 6.45) is 9.89. The lowest BCUT2D eigenvalue weighted by molar-refractivity contribution is -0.143. The van der Waals surface area contributed by atoms with Gasteiger partial charge in [0.1, 0.15) is 5.69 Å². The number of aliphatic carboxylic acids is 1. The first-order valence-electron chi connectivity index (χ1n) is 7.90. The molecule has 2 aromatic heterocycles. The van der Waals surface area contributed by atoms with Crippen LogP contribution in [0, 0.1) is 5.92 Å². The lowest BCUT2D eigenvalue weighted by atomic mass is 9.86. The number of nitrogens with zero attached hydrogens (tertiary/aromatic N) is 3. The second kappa shape index (κ2) is 6.30. The summed E-state index contributed by atoms with van der Waals surface area (Å²) in [4.78, 5) is 20.0. The Morgan fingerprint density at radius 3 is 2.64 bits per heavy atom. The number of aryl methyl sites for hydroxylation is 1. The van der Waals surface area contributed by atoms with Crippen LogP contribution < -0.4 is 0 Å². The van der Waals surface area contributed by atoms with Gasteiger partial charge in [-0.3, -0.25) is 9.78 Å². The molecule has 1 N–H and O–H groups in total. The van der Waals surface area contributed by atoms with Gasteiger partial charge in [0, 0.05) is 24.6 Å². The van der Waals surface area contributed by atoms with Crippen LogP contribution in [0.25, 0.3) is 11.5 Å². The predicted molar refractivity (Wildman–Crippen MR) is 83.5 cm³/mol. The molecule has 1 fully saturated rings. The third kappa shape index (κ3) is 2.89. The van der Waals surface area contributed by atoms with Crippen molar-refractivity contribution in [2.24, 2.45) is 5.92 Å². The maximum Gasteiger partial charge on any atom is 0.306 e. The summed E-state index contributed by atoms with van der Waals surface area (Å²) in [7, 11) is 0. The van der Waals surface area contributed by atoms with Gasteiger partial charge in [-0.1, -0.05) is 13.0 Å². The minimum Gasteiger partial charge on any atom is -0.481 e. The summed E-state index contributed by atoms with van der Waals surface area (Å²) in [5.74, 6) is 0.0211. The van der Waals surface area contributed by atoms with E-state index in [1.807, 2.05) is 18.5 Å². The van der Waals surface area contributed by atoms with Crippen molar-refractivity contribution in [3.8, 4) is 11.5 Å². The molecule has 0 atom stereocenters. The van der Waals surface area contributed by atoms with E-state index in [1.54, 1.807) is 6.20 Å². The molecule has 0 aromatic carbocycles. The van der Waals surface area contributed by atoms with Crippen molar-refractivity contribution < 1.29 is 9.90 Å².